The molecule has 164 valence electrons. The van der Waals surface area contributed by atoms with Crippen molar-refractivity contribution in [1.29, 1.82) is 0 Å². The SMILES string of the molecule is CC(C(=O)N1CCC(c2nc3cc(Cl)ccc3s2)CC1)N1C(=O)NC2(CCCC2)C1=O. The molecule has 3 aliphatic rings. The number of rotatable bonds is 3. The zero-order valence-electron chi connectivity index (χ0n) is 17.4. The highest BCUT2D eigenvalue weighted by Gasteiger charge is 2.54. The van der Waals surface area contributed by atoms with Gasteiger partial charge in [-0.2, -0.15) is 0 Å². The molecule has 1 unspecified atom stereocenters. The molecule has 5 rings (SSSR count). The first-order chi connectivity index (χ1) is 14.9. The number of halogens is 1. The van der Waals surface area contributed by atoms with Crippen LogP contribution in [0.4, 0.5) is 4.79 Å². The molecule has 0 radical (unpaired) electrons. The molecule has 1 spiro atoms. The van der Waals surface area contributed by atoms with Gasteiger partial charge in [-0.3, -0.25) is 9.59 Å². The van der Waals surface area contributed by atoms with Crippen LogP contribution in [0.3, 0.4) is 0 Å². The molecule has 2 saturated heterocycles. The normalized spacial score (nSPS) is 22.5. The lowest BCUT2D eigenvalue weighted by molar-refractivity contribution is -0.143. The summed E-state index contributed by atoms with van der Waals surface area (Å²) in [5.74, 6) is -0.0963. The highest BCUT2D eigenvalue weighted by molar-refractivity contribution is 7.18. The van der Waals surface area contributed by atoms with Gasteiger partial charge in [0, 0.05) is 24.0 Å². The summed E-state index contributed by atoms with van der Waals surface area (Å²) in [5, 5.41) is 4.62. The van der Waals surface area contributed by atoms with Crippen molar-refractivity contribution in [1.82, 2.24) is 20.1 Å². The van der Waals surface area contributed by atoms with E-state index in [1.807, 2.05) is 18.2 Å². The molecule has 1 N–H and O–H groups in total. The van der Waals surface area contributed by atoms with Crippen LogP contribution in [0.2, 0.25) is 5.02 Å². The summed E-state index contributed by atoms with van der Waals surface area (Å²) in [7, 11) is 0. The Morgan fingerprint density at radius 1 is 1.26 bits per heavy atom. The fourth-order valence-corrected chi connectivity index (χ4v) is 6.41. The van der Waals surface area contributed by atoms with Crippen molar-refractivity contribution in [3.8, 4) is 0 Å². The van der Waals surface area contributed by atoms with Crippen molar-refractivity contribution in [2.24, 2.45) is 0 Å². The van der Waals surface area contributed by atoms with Crippen molar-refractivity contribution >= 4 is 51.0 Å². The van der Waals surface area contributed by atoms with E-state index < -0.39 is 17.6 Å². The van der Waals surface area contributed by atoms with Crippen LogP contribution in [-0.2, 0) is 9.59 Å². The number of fused-ring (bicyclic) bond motifs is 1. The molecule has 1 aliphatic carbocycles. The molecule has 1 aromatic carbocycles. The quantitative estimate of drug-likeness (QED) is 0.704. The minimum atomic E-state index is -0.784. The molecule has 1 aromatic heterocycles. The van der Waals surface area contributed by atoms with E-state index in [1.165, 1.54) is 0 Å². The number of nitrogens with zero attached hydrogens (tertiary/aromatic N) is 3. The molecular weight excluding hydrogens is 436 g/mol. The third kappa shape index (κ3) is 3.49. The van der Waals surface area contributed by atoms with Gasteiger partial charge in [0.05, 0.1) is 15.2 Å². The number of carbonyl (C=O) groups excluding carboxylic acids is 3. The number of nitrogens with one attached hydrogen (secondary N) is 1. The number of hydrogen-bond acceptors (Lipinski definition) is 5. The molecule has 2 aliphatic heterocycles. The van der Waals surface area contributed by atoms with Gasteiger partial charge in [-0.05, 0) is 50.8 Å². The first-order valence-electron chi connectivity index (χ1n) is 10.9. The van der Waals surface area contributed by atoms with E-state index >= 15 is 0 Å². The predicted octanol–water partition coefficient (Wildman–Crippen LogP) is 3.91. The molecule has 31 heavy (non-hydrogen) atoms. The monoisotopic (exact) mass is 460 g/mol. The maximum atomic E-state index is 13.1. The minimum absolute atomic E-state index is 0.159. The summed E-state index contributed by atoms with van der Waals surface area (Å²) in [4.78, 5) is 46.3. The standard InChI is InChI=1S/C22H25ClN4O3S/c1-13(27-20(29)22(25-21(27)30)8-2-3-9-22)19(28)26-10-6-14(7-11-26)18-24-16-12-15(23)4-5-17(16)31-18/h4-5,12-14H,2-3,6-11H2,1H3,(H,25,30). The second kappa shape index (κ2) is 7.74. The molecule has 7 nitrogen and oxygen atoms in total. The molecule has 3 heterocycles. The number of imide groups is 1. The van der Waals surface area contributed by atoms with Gasteiger partial charge in [0.1, 0.15) is 11.6 Å². The number of amides is 4. The smallest absolute Gasteiger partial charge is 0.325 e. The van der Waals surface area contributed by atoms with Gasteiger partial charge in [0.15, 0.2) is 0 Å². The van der Waals surface area contributed by atoms with E-state index in [1.54, 1.807) is 23.2 Å². The van der Waals surface area contributed by atoms with Crippen molar-refractivity contribution in [3.05, 3.63) is 28.2 Å². The number of likely N-dealkylation sites (tertiary alicyclic amines) is 1. The summed E-state index contributed by atoms with van der Waals surface area (Å²) in [6.45, 7) is 2.86. The molecule has 1 saturated carbocycles. The van der Waals surface area contributed by atoms with Gasteiger partial charge in [0.25, 0.3) is 5.91 Å². The lowest BCUT2D eigenvalue weighted by Gasteiger charge is -2.34. The molecule has 3 fully saturated rings. The first-order valence-corrected chi connectivity index (χ1v) is 12.1. The van der Waals surface area contributed by atoms with E-state index in [-0.39, 0.29) is 11.8 Å². The van der Waals surface area contributed by atoms with Crippen LogP contribution in [-0.4, -0.2) is 57.3 Å². The lowest BCUT2D eigenvalue weighted by Crippen LogP contribution is -2.52. The van der Waals surface area contributed by atoms with Gasteiger partial charge < -0.3 is 10.2 Å². The van der Waals surface area contributed by atoms with E-state index in [0.717, 1.165) is 45.8 Å². The van der Waals surface area contributed by atoms with Crippen LogP contribution in [0, 0.1) is 0 Å². The zero-order valence-corrected chi connectivity index (χ0v) is 19.0. The van der Waals surface area contributed by atoms with E-state index in [9.17, 15) is 14.4 Å². The number of urea groups is 1. The highest BCUT2D eigenvalue weighted by atomic mass is 35.5. The Kier molecular flexibility index (Phi) is 5.17. The number of carbonyl (C=O) groups is 3. The highest BCUT2D eigenvalue weighted by Crippen LogP contribution is 2.37. The maximum absolute atomic E-state index is 13.1. The van der Waals surface area contributed by atoms with Crippen LogP contribution in [0.25, 0.3) is 10.2 Å². The fraction of sp³-hybridized carbons (Fsp3) is 0.545. The summed E-state index contributed by atoms with van der Waals surface area (Å²) in [6, 6.07) is 4.53. The van der Waals surface area contributed by atoms with Crippen LogP contribution >= 0.6 is 22.9 Å². The van der Waals surface area contributed by atoms with Gasteiger partial charge in [-0.1, -0.05) is 24.4 Å². The Balaban J connectivity index is 1.24. The van der Waals surface area contributed by atoms with Crippen LogP contribution in [0.15, 0.2) is 18.2 Å². The van der Waals surface area contributed by atoms with Crippen molar-refractivity contribution in [2.45, 2.75) is 62.9 Å². The van der Waals surface area contributed by atoms with Gasteiger partial charge in [0.2, 0.25) is 5.91 Å². The van der Waals surface area contributed by atoms with Crippen LogP contribution in [0.5, 0.6) is 0 Å². The van der Waals surface area contributed by atoms with Crippen LogP contribution < -0.4 is 5.32 Å². The maximum Gasteiger partial charge on any atom is 0.325 e. The number of benzene rings is 1. The summed E-state index contributed by atoms with van der Waals surface area (Å²) in [6.07, 6.45) is 4.80. The minimum Gasteiger partial charge on any atom is -0.341 e. The summed E-state index contributed by atoms with van der Waals surface area (Å²) >= 11 is 7.76. The second-order valence-electron chi connectivity index (χ2n) is 8.83. The third-order valence-corrected chi connectivity index (χ3v) is 8.35. The van der Waals surface area contributed by atoms with Gasteiger partial charge in [-0.25, -0.2) is 14.7 Å². The van der Waals surface area contributed by atoms with E-state index in [4.69, 9.17) is 16.6 Å². The van der Waals surface area contributed by atoms with Gasteiger partial charge >= 0.3 is 6.03 Å². The second-order valence-corrected chi connectivity index (χ2v) is 10.3. The Labute approximate surface area is 189 Å². The van der Waals surface area contributed by atoms with E-state index in [0.29, 0.717) is 36.9 Å². The molecule has 4 amide bonds. The lowest BCUT2D eigenvalue weighted by atomic mass is 9.96. The summed E-state index contributed by atoms with van der Waals surface area (Å²) < 4.78 is 1.12. The zero-order chi connectivity index (χ0) is 21.8. The number of aromatic nitrogens is 1. The Hall–Kier alpha value is -2.19. The molecular formula is C22H25ClN4O3S. The third-order valence-electron chi connectivity index (χ3n) is 6.92. The fourth-order valence-electron chi connectivity index (χ4n) is 5.12. The Bertz CT molecular complexity index is 1060. The average Bonchev–Trinajstić information content (AvgIpc) is 3.46. The summed E-state index contributed by atoms with van der Waals surface area (Å²) in [5.41, 5.74) is 0.132. The van der Waals surface area contributed by atoms with Crippen molar-refractivity contribution < 1.29 is 14.4 Å². The number of hydrogen-bond donors (Lipinski definition) is 1. The average molecular weight is 461 g/mol. The predicted molar refractivity (Wildman–Crippen MR) is 119 cm³/mol. The Morgan fingerprint density at radius 3 is 2.68 bits per heavy atom. The van der Waals surface area contributed by atoms with Crippen molar-refractivity contribution in [3.63, 3.8) is 0 Å². The van der Waals surface area contributed by atoms with Gasteiger partial charge in [-0.15, -0.1) is 11.3 Å². The Morgan fingerprint density at radius 2 is 1.97 bits per heavy atom. The van der Waals surface area contributed by atoms with Crippen molar-refractivity contribution in [2.75, 3.05) is 13.1 Å². The van der Waals surface area contributed by atoms with E-state index in [2.05, 4.69) is 5.32 Å². The van der Waals surface area contributed by atoms with Crippen LogP contribution in [0.1, 0.15) is 56.4 Å². The molecule has 1 atom stereocenters. The first kappa shape index (κ1) is 20.7. The number of thiazole rings is 1. The number of piperidine rings is 1. The molecule has 2 aromatic rings. The molecule has 9 heteroatoms. The largest absolute Gasteiger partial charge is 0.341 e. The molecule has 0 bridgehead atoms. The topological polar surface area (TPSA) is 82.6 Å².